The van der Waals surface area contributed by atoms with Gasteiger partial charge in [-0.2, -0.15) is 0 Å². The highest BCUT2D eigenvalue weighted by molar-refractivity contribution is 5.52. The van der Waals surface area contributed by atoms with E-state index in [2.05, 4.69) is 0 Å². The van der Waals surface area contributed by atoms with Gasteiger partial charge in [-0.05, 0) is 27.8 Å². The van der Waals surface area contributed by atoms with Crippen LogP contribution in [0, 0.1) is 0 Å². The van der Waals surface area contributed by atoms with E-state index in [4.69, 9.17) is 0 Å². The van der Waals surface area contributed by atoms with Crippen molar-refractivity contribution in [2.75, 3.05) is 0 Å². The lowest BCUT2D eigenvalue weighted by Crippen LogP contribution is -2.31. The van der Waals surface area contributed by atoms with Crippen LogP contribution in [-0.2, 0) is 18.8 Å². The van der Waals surface area contributed by atoms with Crippen molar-refractivity contribution in [2.24, 2.45) is 0 Å². The highest BCUT2D eigenvalue weighted by atomic mass is 16.3. The molecule has 3 heteroatoms. The molecule has 3 N–H and O–H groups in total. The van der Waals surface area contributed by atoms with Crippen molar-refractivity contribution in [1.29, 1.82) is 0 Å². The molecule has 0 fully saturated rings. The van der Waals surface area contributed by atoms with Gasteiger partial charge in [0.25, 0.3) is 0 Å². The Balaban J connectivity index is 2.34. The Morgan fingerprint density at radius 2 is 1.00 bits per heavy atom. The van der Waals surface area contributed by atoms with Crippen LogP contribution in [0.5, 0.6) is 0 Å². The number of aliphatic hydroxyl groups is 3. The molecule has 0 radical (unpaired) electrons. The Labute approximate surface area is 141 Å². The molecule has 0 aliphatic heterocycles. The van der Waals surface area contributed by atoms with Gasteiger partial charge < -0.3 is 15.3 Å². The van der Waals surface area contributed by atoms with E-state index in [9.17, 15) is 15.3 Å². The van der Waals surface area contributed by atoms with E-state index in [1.807, 2.05) is 66.7 Å². The summed E-state index contributed by atoms with van der Waals surface area (Å²) in [5.74, 6) is 0. The summed E-state index contributed by atoms with van der Waals surface area (Å²) in [5, 5.41) is 31.3. The topological polar surface area (TPSA) is 60.7 Å². The Kier molecular flexibility index (Phi) is 4.76. The molecule has 0 saturated heterocycles. The Hall–Kier alpha value is -2.46. The molecule has 0 spiro atoms. The molecule has 0 amide bonds. The average Bonchev–Trinajstić information content (AvgIpc) is 2.68. The number of hydrogen-bond acceptors (Lipinski definition) is 3. The first-order valence-electron chi connectivity index (χ1n) is 7.88. The van der Waals surface area contributed by atoms with Crippen molar-refractivity contribution in [3.8, 4) is 0 Å². The Morgan fingerprint density at radius 3 is 1.46 bits per heavy atom. The van der Waals surface area contributed by atoms with E-state index >= 15 is 0 Å². The van der Waals surface area contributed by atoms with Gasteiger partial charge in [0.05, 0.1) is 13.2 Å². The molecule has 0 bridgehead atoms. The second-order valence-electron chi connectivity index (χ2n) is 5.71. The molecule has 0 aliphatic rings. The maximum atomic E-state index is 11.8. The third-order valence-electron chi connectivity index (χ3n) is 4.35. The molecule has 0 heterocycles. The predicted octanol–water partition coefficient (Wildman–Crippen LogP) is 2.96. The highest BCUT2D eigenvalue weighted by Crippen LogP contribution is 2.39. The molecule has 3 nitrogen and oxygen atoms in total. The molecule has 122 valence electrons. The highest BCUT2D eigenvalue weighted by Gasteiger charge is 2.36. The van der Waals surface area contributed by atoms with Crippen LogP contribution in [0.1, 0.15) is 27.8 Å². The van der Waals surface area contributed by atoms with Gasteiger partial charge >= 0.3 is 0 Å². The number of rotatable bonds is 5. The minimum Gasteiger partial charge on any atom is -0.392 e. The van der Waals surface area contributed by atoms with Gasteiger partial charge in [0, 0.05) is 0 Å². The molecular formula is C21H20O3. The lowest BCUT2D eigenvalue weighted by atomic mass is 9.77. The molecule has 24 heavy (non-hydrogen) atoms. The number of benzene rings is 3. The lowest BCUT2D eigenvalue weighted by molar-refractivity contribution is 0.119. The molecule has 3 rings (SSSR count). The summed E-state index contributed by atoms with van der Waals surface area (Å²) in [6.07, 6.45) is 0. The fraction of sp³-hybridized carbons (Fsp3) is 0.143. The van der Waals surface area contributed by atoms with Gasteiger partial charge in [-0.1, -0.05) is 78.9 Å². The number of aliphatic hydroxyl groups excluding tert-OH is 2. The largest absolute Gasteiger partial charge is 0.392 e. The van der Waals surface area contributed by atoms with Crippen molar-refractivity contribution in [3.63, 3.8) is 0 Å². The summed E-state index contributed by atoms with van der Waals surface area (Å²) >= 11 is 0. The minimum atomic E-state index is -1.46. The summed E-state index contributed by atoms with van der Waals surface area (Å²) in [7, 11) is 0. The summed E-state index contributed by atoms with van der Waals surface area (Å²) in [4.78, 5) is 0. The lowest BCUT2D eigenvalue weighted by Gasteiger charge is -2.33. The maximum absolute atomic E-state index is 11.8. The molecule has 0 atom stereocenters. The molecule has 0 aliphatic carbocycles. The maximum Gasteiger partial charge on any atom is 0.141 e. The molecule has 3 aromatic rings. The van der Waals surface area contributed by atoms with Gasteiger partial charge in [0.1, 0.15) is 5.60 Å². The van der Waals surface area contributed by atoms with Crippen molar-refractivity contribution in [2.45, 2.75) is 18.8 Å². The van der Waals surface area contributed by atoms with Crippen LogP contribution >= 0.6 is 0 Å². The van der Waals surface area contributed by atoms with E-state index in [1.54, 1.807) is 12.1 Å². The van der Waals surface area contributed by atoms with Crippen LogP contribution in [0.15, 0.2) is 78.9 Å². The van der Waals surface area contributed by atoms with Gasteiger partial charge in [-0.3, -0.25) is 0 Å². The van der Waals surface area contributed by atoms with Crippen LogP contribution in [-0.4, -0.2) is 15.3 Å². The minimum absolute atomic E-state index is 0.174. The standard InChI is InChI=1S/C21H20O3/c22-14-16-8-4-6-12-19(16)21(24,18-10-2-1-3-11-18)20-13-7-5-9-17(20)15-23/h1-13,22-24H,14-15H2. The first-order valence-corrected chi connectivity index (χ1v) is 7.88. The normalized spacial score (nSPS) is 11.5. The van der Waals surface area contributed by atoms with Gasteiger partial charge in [0.15, 0.2) is 0 Å². The predicted molar refractivity (Wildman–Crippen MR) is 93.3 cm³/mol. The summed E-state index contributed by atoms with van der Waals surface area (Å²) in [5.41, 5.74) is 1.75. The van der Waals surface area contributed by atoms with Crippen LogP contribution in [0.2, 0.25) is 0 Å². The molecular weight excluding hydrogens is 300 g/mol. The molecule has 0 aromatic heterocycles. The molecule has 0 saturated carbocycles. The summed E-state index contributed by atoms with van der Waals surface area (Å²) < 4.78 is 0. The average molecular weight is 320 g/mol. The Bertz CT molecular complexity index is 765. The van der Waals surface area contributed by atoms with Gasteiger partial charge in [-0.15, -0.1) is 0 Å². The summed E-state index contributed by atoms with van der Waals surface area (Å²) in [6, 6.07) is 23.9. The van der Waals surface area contributed by atoms with E-state index in [0.29, 0.717) is 27.8 Å². The zero-order chi connectivity index (χ0) is 17.0. The van der Waals surface area contributed by atoms with Crippen LogP contribution in [0.4, 0.5) is 0 Å². The fourth-order valence-corrected chi connectivity index (χ4v) is 3.16. The second-order valence-corrected chi connectivity index (χ2v) is 5.71. The fourth-order valence-electron chi connectivity index (χ4n) is 3.16. The monoisotopic (exact) mass is 320 g/mol. The van der Waals surface area contributed by atoms with Gasteiger partial charge in [0.2, 0.25) is 0 Å². The molecule has 0 unspecified atom stereocenters. The van der Waals surface area contributed by atoms with Crippen LogP contribution in [0.3, 0.4) is 0 Å². The zero-order valence-electron chi connectivity index (χ0n) is 13.3. The van der Waals surface area contributed by atoms with E-state index in [0.717, 1.165) is 0 Å². The zero-order valence-corrected chi connectivity index (χ0v) is 13.3. The first-order chi connectivity index (χ1) is 11.7. The third-order valence-corrected chi connectivity index (χ3v) is 4.35. The van der Waals surface area contributed by atoms with Crippen molar-refractivity contribution in [1.82, 2.24) is 0 Å². The SMILES string of the molecule is OCc1ccccc1C(O)(c1ccccc1)c1ccccc1CO. The Morgan fingerprint density at radius 1 is 0.583 bits per heavy atom. The van der Waals surface area contributed by atoms with Crippen molar-refractivity contribution in [3.05, 3.63) is 107 Å². The molecule has 3 aromatic carbocycles. The van der Waals surface area contributed by atoms with Crippen molar-refractivity contribution < 1.29 is 15.3 Å². The van der Waals surface area contributed by atoms with E-state index in [1.165, 1.54) is 0 Å². The summed E-state index contributed by atoms with van der Waals surface area (Å²) in [6.45, 7) is -0.348. The van der Waals surface area contributed by atoms with Crippen LogP contribution in [0.25, 0.3) is 0 Å². The quantitative estimate of drug-likeness (QED) is 0.634. The van der Waals surface area contributed by atoms with E-state index < -0.39 is 5.60 Å². The second kappa shape index (κ2) is 6.97. The smallest absolute Gasteiger partial charge is 0.141 e. The van der Waals surface area contributed by atoms with Crippen LogP contribution < -0.4 is 0 Å². The van der Waals surface area contributed by atoms with Crippen molar-refractivity contribution >= 4 is 0 Å². The van der Waals surface area contributed by atoms with Gasteiger partial charge in [-0.25, -0.2) is 0 Å². The third kappa shape index (κ3) is 2.74. The first kappa shape index (κ1) is 16.4. The van der Waals surface area contributed by atoms with E-state index in [-0.39, 0.29) is 13.2 Å². The number of hydrogen-bond donors (Lipinski definition) is 3.